The molecular weight excluding hydrogens is 284 g/mol. The second-order valence-electron chi connectivity index (χ2n) is 6.38. The zero-order valence-corrected chi connectivity index (χ0v) is 13.2. The van der Waals surface area contributed by atoms with Gasteiger partial charge in [0.2, 0.25) is 0 Å². The molecule has 2 atom stereocenters. The minimum absolute atomic E-state index is 0.318. The van der Waals surface area contributed by atoms with Crippen LogP contribution in [0, 0.1) is 5.92 Å². The van der Waals surface area contributed by atoms with E-state index in [0.717, 1.165) is 39.0 Å². The number of nitrogens with zero attached hydrogens (tertiary/aromatic N) is 1. The van der Waals surface area contributed by atoms with Crippen LogP contribution < -0.4 is 5.32 Å². The number of sulfone groups is 1. The Balaban J connectivity index is 1.41. The van der Waals surface area contributed by atoms with Gasteiger partial charge in [-0.2, -0.15) is 0 Å². The molecule has 0 aliphatic carbocycles. The minimum atomic E-state index is -2.74. The van der Waals surface area contributed by atoms with E-state index in [-0.39, 0.29) is 0 Å². The molecule has 2 unspecified atom stereocenters. The molecule has 4 nitrogen and oxygen atoms in total. The van der Waals surface area contributed by atoms with E-state index < -0.39 is 9.84 Å². The van der Waals surface area contributed by atoms with Crippen molar-refractivity contribution in [3.8, 4) is 0 Å². The molecule has 0 radical (unpaired) electrons. The number of hydrogen-bond acceptors (Lipinski definition) is 4. The van der Waals surface area contributed by atoms with Gasteiger partial charge in [-0.25, -0.2) is 8.42 Å². The first kappa shape index (κ1) is 15.0. The summed E-state index contributed by atoms with van der Waals surface area (Å²) in [7, 11) is -2.74. The molecule has 2 aliphatic rings. The van der Waals surface area contributed by atoms with Crippen molar-refractivity contribution < 1.29 is 8.42 Å². The summed E-state index contributed by atoms with van der Waals surface area (Å²) in [5, 5.41) is 3.57. The Morgan fingerprint density at radius 2 is 2.00 bits per heavy atom. The fourth-order valence-electron chi connectivity index (χ4n) is 3.35. The number of rotatable bonds is 5. The van der Waals surface area contributed by atoms with E-state index in [1.165, 1.54) is 5.56 Å². The molecule has 2 saturated heterocycles. The average Bonchev–Trinajstić information content (AvgIpc) is 3.04. The Morgan fingerprint density at radius 3 is 2.71 bits per heavy atom. The lowest BCUT2D eigenvalue weighted by Crippen LogP contribution is -2.36. The summed E-state index contributed by atoms with van der Waals surface area (Å²) in [4.78, 5) is 2.47. The summed E-state index contributed by atoms with van der Waals surface area (Å²) >= 11 is 0. The molecule has 21 heavy (non-hydrogen) atoms. The topological polar surface area (TPSA) is 49.4 Å². The lowest BCUT2D eigenvalue weighted by molar-refractivity contribution is 0.317. The maximum Gasteiger partial charge on any atom is 0.150 e. The monoisotopic (exact) mass is 308 g/mol. The summed E-state index contributed by atoms with van der Waals surface area (Å²) in [5.74, 6) is 1.07. The Morgan fingerprint density at radius 1 is 1.19 bits per heavy atom. The third-order valence-electron chi connectivity index (χ3n) is 4.54. The quantitative estimate of drug-likeness (QED) is 0.890. The molecule has 1 aromatic rings. The lowest BCUT2D eigenvalue weighted by Gasteiger charge is -2.18. The zero-order chi connectivity index (χ0) is 14.7. The molecule has 0 aromatic heterocycles. The van der Waals surface area contributed by atoms with Gasteiger partial charge in [-0.15, -0.1) is 0 Å². The van der Waals surface area contributed by atoms with Gasteiger partial charge >= 0.3 is 0 Å². The fraction of sp³-hybridized carbons (Fsp3) is 0.625. The van der Waals surface area contributed by atoms with Gasteiger partial charge in [0.25, 0.3) is 0 Å². The van der Waals surface area contributed by atoms with Gasteiger partial charge in [0.1, 0.15) is 0 Å². The van der Waals surface area contributed by atoms with Gasteiger partial charge in [0.05, 0.1) is 11.5 Å². The van der Waals surface area contributed by atoms with Crippen molar-refractivity contribution in [2.24, 2.45) is 5.92 Å². The lowest BCUT2D eigenvalue weighted by atomic mass is 10.1. The zero-order valence-electron chi connectivity index (χ0n) is 12.4. The van der Waals surface area contributed by atoms with Crippen molar-refractivity contribution in [3.05, 3.63) is 35.9 Å². The molecule has 1 aromatic carbocycles. The summed E-state index contributed by atoms with van der Waals surface area (Å²) in [6.07, 6.45) is 1.99. The second kappa shape index (κ2) is 6.46. The Bertz CT molecular complexity index is 559. The van der Waals surface area contributed by atoms with Gasteiger partial charge < -0.3 is 5.32 Å². The first-order valence-electron chi connectivity index (χ1n) is 7.81. The predicted octanol–water partition coefficient (Wildman–Crippen LogP) is 1.29. The van der Waals surface area contributed by atoms with E-state index in [2.05, 4.69) is 34.5 Å². The Labute approximate surface area is 127 Å². The van der Waals surface area contributed by atoms with Crippen LogP contribution in [0.4, 0.5) is 0 Å². The third kappa shape index (κ3) is 4.28. The van der Waals surface area contributed by atoms with Crippen molar-refractivity contribution >= 4 is 9.84 Å². The van der Waals surface area contributed by atoms with Crippen LogP contribution in [0.25, 0.3) is 0 Å². The summed E-state index contributed by atoms with van der Waals surface area (Å²) in [6, 6.07) is 11.1. The van der Waals surface area contributed by atoms with E-state index in [9.17, 15) is 8.42 Å². The Kier molecular flexibility index (Phi) is 4.62. The highest BCUT2D eigenvalue weighted by Crippen LogP contribution is 2.19. The van der Waals surface area contributed by atoms with Gasteiger partial charge in [0, 0.05) is 25.7 Å². The predicted molar refractivity (Wildman–Crippen MR) is 84.9 cm³/mol. The third-order valence-corrected chi connectivity index (χ3v) is 6.38. The van der Waals surface area contributed by atoms with E-state index in [0.29, 0.717) is 23.5 Å². The maximum atomic E-state index is 11.5. The number of hydrogen-bond donors (Lipinski definition) is 1. The first-order chi connectivity index (χ1) is 10.1. The van der Waals surface area contributed by atoms with Crippen molar-refractivity contribution in [1.82, 2.24) is 10.2 Å². The number of nitrogens with one attached hydrogen (secondary N) is 1. The van der Waals surface area contributed by atoms with Gasteiger partial charge in [-0.05, 0) is 30.9 Å². The standard InChI is InChI=1S/C16H24N2O2S/c19-21(20)9-7-15(13-21)10-17-16-6-8-18(12-16)11-14-4-2-1-3-5-14/h1-5,15-17H,6-13H2. The highest BCUT2D eigenvalue weighted by atomic mass is 32.2. The molecule has 116 valence electrons. The van der Waals surface area contributed by atoms with Crippen LogP contribution in [0.3, 0.4) is 0 Å². The maximum absolute atomic E-state index is 11.5. The molecule has 2 fully saturated rings. The Hall–Kier alpha value is -0.910. The van der Waals surface area contributed by atoms with Crippen LogP contribution in [0.15, 0.2) is 30.3 Å². The highest BCUT2D eigenvalue weighted by molar-refractivity contribution is 7.91. The molecule has 0 bridgehead atoms. The summed E-state index contributed by atoms with van der Waals surface area (Å²) in [6.45, 7) is 4.05. The number of benzene rings is 1. The largest absolute Gasteiger partial charge is 0.312 e. The molecule has 2 aliphatic heterocycles. The smallest absolute Gasteiger partial charge is 0.150 e. The van der Waals surface area contributed by atoms with Crippen molar-refractivity contribution in [1.29, 1.82) is 0 Å². The van der Waals surface area contributed by atoms with E-state index in [1.54, 1.807) is 0 Å². The van der Waals surface area contributed by atoms with Gasteiger partial charge in [-0.3, -0.25) is 4.90 Å². The van der Waals surface area contributed by atoms with Crippen LogP contribution >= 0.6 is 0 Å². The van der Waals surface area contributed by atoms with Crippen LogP contribution in [-0.4, -0.2) is 50.5 Å². The highest BCUT2D eigenvalue weighted by Gasteiger charge is 2.29. The van der Waals surface area contributed by atoms with Crippen LogP contribution in [0.5, 0.6) is 0 Å². The molecular formula is C16H24N2O2S. The molecule has 2 heterocycles. The minimum Gasteiger partial charge on any atom is -0.312 e. The molecule has 5 heteroatoms. The first-order valence-corrected chi connectivity index (χ1v) is 9.63. The fourth-order valence-corrected chi connectivity index (χ4v) is 5.21. The molecule has 0 spiro atoms. The number of likely N-dealkylation sites (tertiary alicyclic amines) is 1. The van der Waals surface area contributed by atoms with Crippen LogP contribution in [0.1, 0.15) is 18.4 Å². The van der Waals surface area contributed by atoms with E-state index in [4.69, 9.17) is 0 Å². The second-order valence-corrected chi connectivity index (χ2v) is 8.61. The van der Waals surface area contributed by atoms with Crippen LogP contribution in [-0.2, 0) is 16.4 Å². The molecule has 0 amide bonds. The summed E-state index contributed by atoms with van der Waals surface area (Å²) in [5.41, 5.74) is 1.36. The van der Waals surface area contributed by atoms with E-state index >= 15 is 0 Å². The van der Waals surface area contributed by atoms with Gasteiger partial charge in [0.15, 0.2) is 9.84 Å². The molecule has 3 rings (SSSR count). The normalized spacial score (nSPS) is 29.0. The van der Waals surface area contributed by atoms with Crippen molar-refractivity contribution in [2.45, 2.75) is 25.4 Å². The van der Waals surface area contributed by atoms with Crippen molar-refractivity contribution in [3.63, 3.8) is 0 Å². The SMILES string of the molecule is O=S1(=O)CCC(CNC2CCN(Cc3ccccc3)C2)C1. The average molecular weight is 308 g/mol. The van der Waals surface area contributed by atoms with E-state index in [1.807, 2.05) is 6.07 Å². The molecule has 1 N–H and O–H groups in total. The van der Waals surface area contributed by atoms with Crippen molar-refractivity contribution in [2.75, 3.05) is 31.1 Å². The summed E-state index contributed by atoms with van der Waals surface area (Å²) < 4.78 is 22.9. The van der Waals surface area contributed by atoms with Crippen LogP contribution in [0.2, 0.25) is 0 Å². The van der Waals surface area contributed by atoms with Gasteiger partial charge in [-0.1, -0.05) is 30.3 Å². The molecule has 0 saturated carbocycles.